The smallest absolute Gasteiger partial charge is 0.497 e. The Bertz CT molecular complexity index is 1240. The summed E-state index contributed by atoms with van der Waals surface area (Å²) in [6, 6.07) is 11.6. The van der Waals surface area contributed by atoms with E-state index in [4.69, 9.17) is 25.8 Å². The zero-order valence-corrected chi connectivity index (χ0v) is 21.6. The first kappa shape index (κ1) is 27.6. The first-order valence-electron chi connectivity index (χ1n) is 12.1. The molecule has 1 aromatic heterocycles. The number of aromatic nitrogens is 3. The maximum absolute atomic E-state index is 12.7. The van der Waals surface area contributed by atoms with Crippen LogP contribution in [0.2, 0.25) is 5.02 Å². The molecule has 204 valence electrons. The molecule has 0 radical (unpaired) electrons. The summed E-state index contributed by atoms with van der Waals surface area (Å²) in [6.07, 6.45) is -2.56. The van der Waals surface area contributed by atoms with Crippen molar-refractivity contribution in [1.82, 2.24) is 15.0 Å². The predicted molar refractivity (Wildman–Crippen MR) is 132 cm³/mol. The van der Waals surface area contributed by atoms with E-state index in [9.17, 15) is 18.0 Å². The van der Waals surface area contributed by atoms with Gasteiger partial charge in [0.05, 0.1) is 20.3 Å². The summed E-state index contributed by atoms with van der Waals surface area (Å²) in [6.45, 7) is 2.18. The van der Waals surface area contributed by atoms with Gasteiger partial charge in [-0.25, -0.2) is 9.48 Å². The number of methoxy groups -OCH3 is 1. The molecule has 0 N–H and O–H groups in total. The molecule has 1 aliphatic carbocycles. The highest BCUT2D eigenvalue weighted by Gasteiger charge is 2.32. The van der Waals surface area contributed by atoms with Crippen molar-refractivity contribution in [1.29, 1.82) is 0 Å². The molecule has 4 rings (SSSR count). The second kappa shape index (κ2) is 11.9. The highest BCUT2D eigenvalue weighted by atomic mass is 35.5. The average Bonchev–Trinajstić information content (AvgIpc) is 3.25. The van der Waals surface area contributed by atoms with Gasteiger partial charge in [0.2, 0.25) is 11.6 Å². The number of halogens is 4. The van der Waals surface area contributed by atoms with Crippen LogP contribution in [-0.4, -0.2) is 47.1 Å². The number of carbonyl (C=O) groups is 1. The molecule has 0 atom stereocenters. The fraction of sp³-hybridized carbons (Fsp3) is 0.423. The van der Waals surface area contributed by atoms with Crippen LogP contribution in [0.4, 0.5) is 13.2 Å². The second-order valence-corrected chi connectivity index (χ2v) is 9.27. The zero-order valence-electron chi connectivity index (χ0n) is 20.8. The van der Waals surface area contributed by atoms with Gasteiger partial charge in [-0.2, -0.15) is 0 Å². The number of carbonyl (C=O) groups excluding carboxylic acids is 1. The van der Waals surface area contributed by atoms with Crippen molar-refractivity contribution in [3.63, 3.8) is 0 Å². The Kier molecular flexibility index (Phi) is 8.65. The highest BCUT2D eigenvalue weighted by Crippen LogP contribution is 2.38. The summed E-state index contributed by atoms with van der Waals surface area (Å²) in [4.78, 5) is 12.5. The maximum Gasteiger partial charge on any atom is 0.573 e. The Morgan fingerprint density at radius 1 is 1.08 bits per heavy atom. The lowest BCUT2D eigenvalue weighted by molar-refractivity contribution is -0.274. The van der Waals surface area contributed by atoms with Gasteiger partial charge in [-0.1, -0.05) is 28.9 Å². The van der Waals surface area contributed by atoms with Crippen LogP contribution in [0.25, 0.3) is 0 Å². The number of esters is 1. The van der Waals surface area contributed by atoms with Crippen molar-refractivity contribution >= 4 is 17.6 Å². The van der Waals surface area contributed by atoms with E-state index in [1.165, 1.54) is 10.7 Å². The molecule has 0 bridgehead atoms. The van der Waals surface area contributed by atoms with Crippen molar-refractivity contribution in [2.24, 2.45) is 0 Å². The van der Waals surface area contributed by atoms with Gasteiger partial charge in [-0.3, -0.25) is 0 Å². The molecule has 1 aliphatic rings. The topological polar surface area (TPSA) is 84.7 Å². The predicted octanol–water partition coefficient (Wildman–Crippen LogP) is 6.17. The number of hydrogen-bond acceptors (Lipinski definition) is 7. The number of benzene rings is 2. The second-order valence-electron chi connectivity index (χ2n) is 8.83. The number of rotatable bonds is 9. The Balaban J connectivity index is 1.47. The van der Waals surface area contributed by atoms with Crippen molar-refractivity contribution in [3.8, 4) is 17.4 Å². The first-order chi connectivity index (χ1) is 18.1. The Hall–Kier alpha value is -3.47. The molecule has 1 fully saturated rings. The third kappa shape index (κ3) is 7.09. The van der Waals surface area contributed by atoms with Crippen molar-refractivity contribution in [3.05, 3.63) is 64.3 Å². The Labute approximate surface area is 222 Å². The number of alkyl halides is 3. The van der Waals surface area contributed by atoms with Crippen LogP contribution < -0.4 is 14.2 Å². The van der Waals surface area contributed by atoms with E-state index in [-0.39, 0.29) is 41.0 Å². The lowest BCUT2D eigenvalue weighted by atomic mass is 9.82. The van der Waals surface area contributed by atoms with E-state index in [0.29, 0.717) is 43.5 Å². The van der Waals surface area contributed by atoms with E-state index in [1.807, 2.05) is 24.3 Å². The molecule has 8 nitrogen and oxygen atoms in total. The van der Waals surface area contributed by atoms with E-state index in [2.05, 4.69) is 15.0 Å². The molecular weight excluding hydrogens is 527 g/mol. The van der Waals surface area contributed by atoms with Crippen LogP contribution in [0, 0.1) is 0 Å². The minimum Gasteiger partial charge on any atom is -0.497 e. The van der Waals surface area contributed by atoms with E-state index in [1.54, 1.807) is 20.1 Å². The minimum atomic E-state index is -4.80. The first-order valence-corrected chi connectivity index (χ1v) is 12.5. The number of nitrogens with zero attached hydrogens (tertiary/aromatic N) is 3. The molecule has 0 aliphatic heterocycles. The molecule has 3 aromatic rings. The summed E-state index contributed by atoms with van der Waals surface area (Å²) < 4.78 is 60.2. The normalized spacial score (nSPS) is 17.6. The van der Waals surface area contributed by atoms with E-state index in [0.717, 1.165) is 11.6 Å². The average molecular weight is 554 g/mol. The molecule has 0 unspecified atom stereocenters. The standard InChI is InChI=1S/C26H27ClF3N3O5/c1-3-36-25(34)23-24(33(32-31-23)15-16-4-8-20(35-2)9-5-16)37-21-10-6-17(7-11-21)18-12-19(27)14-22(13-18)38-26(28,29)30/h4-5,8-9,12-14,17,21H,3,6-7,10-11,15H2,1-2H3/t17-,21+. The third-order valence-corrected chi connectivity index (χ3v) is 6.42. The van der Waals surface area contributed by atoms with E-state index < -0.39 is 12.3 Å². The molecule has 2 aromatic carbocycles. The van der Waals surface area contributed by atoms with Gasteiger partial charge in [-0.15, -0.1) is 18.3 Å². The SMILES string of the molecule is CCOC(=O)c1nnn(Cc2ccc(OC)cc2)c1O[C@H]1CC[C@@H](c2cc(Cl)cc(OC(F)(F)F)c2)CC1. The van der Waals surface area contributed by atoms with Gasteiger partial charge in [0.15, 0.2) is 0 Å². The largest absolute Gasteiger partial charge is 0.573 e. The molecule has 38 heavy (non-hydrogen) atoms. The molecule has 12 heteroatoms. The fourth-order valence-corrected chi connectivity index (χ4v) is 4.67. The van der Waals surface area contributed by atoms with Gasteiger partial charge in [-0.05, 0) is 80.0 Å². The van der Waals surface area contributed by atoms with Crippen molar-refractivity contribution < 1.29 is 36.9 Å². The van der Waals surface area contributed by atoms with Crippen LogP contribution in [0.15, 0.2) is 42.5 Å². The van der Waals surface area contributed by atoms with Gasteiger partial charge >= 0.3 is 12.3 Å². The summed E-state index contributed by atoms with van der Waals surface area (Å²) >= 11 is 6.06. The summed E-state index contributed by atoms with van der Waals surface area (Å²) in [5.41, 5.74) is 1.57. The minimum absolute atomic E-state index is 0.00809. The van der Waals surface area contributed by atoms with Crippen LogP contribution in [0.5, 0.6) is 17.4 Å². The van der Waals surface area contributed by atoms with Crippen LogP contribution in [0.3, 0.4) is 0 Å². The highest BCUT2D eigenvalue weighted by molar-refractivity contribution is 6.30. The van der Waals surface area contributed by atoms with Crippen LogP contribution >= 0.6 is 11.6 Å². The monoisotopic (exact) mass is 553 g/mol. The maximum atomic E-state index is 12.7. The molecule has 1 saturated carbocycles. The number of hydrogen-bond donors (Lipinski definition) is 0. The number of ether oxygens (including phenoxy) is 4. The Morgan fingerprint density at radius 3 is 2.42 bits per heavy atom. The molecule has 1 heterocycles. The van der Waals surface area contributed by atoms with Crippen LogP contribution in [-0.2, 0) is 11.3 Å². The van der Waals surface area contributed by atoms with Crippen LogP contribution in [0.1, 0.15) is 60.1 Å². The summed E-state index contributed by atoms with van der Waals surface area (Å²) in [5.74, 6) is -0.0637. The lowest BCUT2D eigenvalue weighted by Crippen LogP contribution is -2.25. The quantitative estimate of drug-likeness (QED) is 0.293. The molecular formula is C26H27ClF3N3O5. The zero-order chi connectivity index (χ0) is 27.3. The molecule has 0 spiro atoms. The van der Waals surface area contributed by atoms with Gasteiger partial charge < -0.3 is 18.9 Å². The summed E-state index contributed by atoms with van der Waals surface area (Å²) in [5, 5.41) is 8.31. The third-order valence-electron chi connectivity index (χ3n) is 6.20. The molecule has 0 saturated heterocycles. The summed E-state index contributed by atoms with van der Waals surface area (Å²) in [7, 11) is 1.58. The lowest BCUT2D eigenvalue weighted by Gasteiger charge is -2.29. The van der Waals surface area contributed by atoms with Crippen molar-refractivity contribution in [2.45, 2.75) is 57.5 Å². The molecule has 0 amide bonds. The van der Waals surface area contributed by atoms with Crippen molar-refractivity contribution in [2.75, 3.05) is 13.7 Å². The van der Waals surface area contributed by atoms with Gasteiger partial charge in [0.25, 0.3) is 0 Å². The Morgan fingerprint density at radius 2 is 1.79 bits per heavy atom. The fourth-order valence-electron chi connectivity index (χ4n) is 4.44. The van der Waals surface area contributed by atoms with E-state index >= 15 is 0 Å². The van der Waals surface area contributed by atoms with Gasteiger partial charge in [0, 0.05) is 5.02 Å². The van der Waals surface area contributed by atoms with Gasteiger partial charge in [0.1, 0.15) is 17.6 Å².